The number of alkyl halides is 3. The van der Waals surface area contributed by atoms with Gasteiger partial charge in [0.1, 0.15) is 0 Å². The Bertz CT molecular complexity index is 1030. The van der Waals surface area contributed by atoms with Gasteiger partial charge in [0.05, 0.1) is 10.6 Å². The van der Waals surface area contributed by atoms with Crippen molar-refractivity contribution in [3.63, 3.8) is 0 Å². The van der Waals surface area contributed by atoms with Gasteiger partial charge < -0.3 is 20.9 Å². The highest BCUT2D eigenvalue weighted by molar-refractivity contribution is 6.31. The number of carbonyl (C=O) groups excluding carboxylic acids is 1. The van der Waals surface area contributed by atoms with Crippen LogP contribution in [0.15, 0.2) is 42.5 Å². The maximum atomic E-state index is 13.4. The van der Waals surface area contributed by atoms with Gasteiger partial charge in [-0.25, -0.2) is 4.79 Å². The first kappa shape index (κ1) is 26.6. The highest BCUT2D eigenvalue weighted by atomic mass is 35.5. The molecule has 0 radical (unpaired) electrons. The summed E-state index contributed by atoms with van der Waals surface area (Å²) < 4.78 is 39.9. The maximum absolute atomic E-state index is 13.4. The van der Waals surface area contributed by atoms with Crippen molar-refractivity contribution in [1.82, 2.24) is 9.80 Å². The summed E-state index contributed by atoms with van der Waals surface area (Å²) in [6.07, 6.45) is 2.19. The molecule has 5 nitrogen and oxygen atoms in total. The maximum Gasteiger partial charge on any atom is 0.417 e. The van der Waals surface area contributed by atoms with E-state index in [1.165, 1.54) is 30.5 Å². The largest absolute Gasteiger partial charge is 0.417 e. The van der Waals surface area contributed by atoms with E-state index in [4.69, 9.17) is 17.3 Å². The van der Waals surface area contributed by atoms with Crippen LogP contribution in [0.25, 0.3) is 0 Å². The van der Waals surface area contributed by atoms with E-state index in [0.29, 0.717) is 12.5 Å². The van der Waals surface area contributed by atoms with Crippen LogP contribution in [0, 0.1) is 0 Å². The van der Waals surface area contributed by atoms with E-state index >= 15 is 0 Å². The predicted molar refractivity (Wildman–Crippen MR) is 138 cm³/mol. The molecular formula is C27H34ClF3N4O. The number of halogens is 4. The van der Waals surface area contributed by atoms with Crippen molar-refractivity contribution < 1.29 is 18.0 Å². The summed E-state index contributed by atoms with van der Waals surface area (Å²) in [5.74, 6) is 0.393. The summed E-state index contributed by atoms with van der Waals surface area (Å²) in [7, 11) is 0. The Hall–Kier alpha value is -2.45. The van der Waals surface area contributed by atoms with Crippen molar-refractivity contribution >= 4 is 29.0 Å². The van der Waals surface area contributed by atoms with Gasteiger partial charge in [-0.15, -0.1) is 0 Å². The van der Waals surface area contributed by atoms with Crippen molar-refractivity contribution in [3.8, 4) is 0 Å². The van der Waals surface area contributed by atoms with E-state index in [1.54, 1.807) is 0 Å². The number of nitrogens with one attached hydrogen (secondary N) is 1. The molecule has 3 N–H and O–H groups in total. The second-order valence-electron chi connectivity index (χ2n) is 9.89. The van der Waals surface area contributed by atoms with Crippen LogP contribution in [0.5, 0.6) is 0 Å². The lowest BCUT2D eigenvalue weighted by Crippen LogP contribution is -2.45. The molecule has 4 rings (SSSR count). The minimum absolute atomic E-state index is 0.0373. The third kappa shape index (κ3) is 6.85. The monoisotopic (exact) mass is 522 g/mol. The number of nitrogens with two attached hydrogens (primary N) is 1. The fraction of sp³-hybridized carbons (Fsp3) is 0.519. The van der Waals surface area contributed by atoms with Gasteiger partial charge in [-0.3, -0.25) is 0 Å². The minimum Gasteiger partial charge on any atom is -0.399 e. The highest BCUT2D eigenvalue weighted by Gasteiger charge is 2.34. The second-order valence-corrected chi connectivity index (χ2v) is 10.3. The third-order valence-electron chi connectivity index (χ3n) is 7.38. The zero-order valence-electron chi connectivity index (χ0n) is 20.4. The number of rotatable bonds is 7. The van der Waals surface area contributed by atoms with E-state index in [1.807, 2.05) is 23.1 Å². The molecule has 9 heteroatoms. The van der Waals surface area contributed by atoms with Gasteiger partial charge >= 0.3 is 12.2 Å². The standard InChI is InChI=1S/C27H34ClF3N4O/c28-25-12-9-22(18-24(25)27(29,30)31)33-26(36)35(16-4-15-34-13-1-2-14-34)23-10-7-19(8-11-23)20-5-3-6-21(32)17-20/h3,5-6,9,12,17-19,23H,1-2,4,7-8,10-11,13-16,32H2,(H,33,36). The summed E-state index contributed by atoms with van der Waals surface area (Å²) >= 11 is 5.75. The molecule has 0 atom stereocenters. The smallest absolute Gasteiger partial charge is 0.399 e. The molecule has 0 aromatic heterocycles. The molecular weight excluding hydrogens is 489 g/mol. The molecule has 1 aliphatic heterocycles. The SMILES string of the molecule is Nc1cccc(C2CCC(N(CCCN3CCCC3)C(=O)Nc3ccc(Cl)c(C(F)(F)F)c3)CC2)c1. The molecule has 0 unspecified atom stereocenters. The number of likely N-dealkylation sites (tertiary alicyclic amines) is 1. The molecule has 1 saturated heterocycles. The van der Waals surface area contributed by atoms with Crippen LogP contribution < -0.4 is 11.1 Å². The first-order valence-electron chi connectivity index (χ1n) is 12.7. The van der Waals surface area contributed by atoms with Crippen molar-refractivity contribution in [2.75, 3.05) is 37.2 Å². The van der Waals surface area contributed by atoms with E-state index < -0.39 is 11.7 Å². The Morgan fingerprint density at radius 1 is 1.08 bits per heavy atom. The molecule has 2 fully saturated rings. The topological polar surface area (TPSA) is 61.6 Å². The van der Waals surface area contributed by atoms with E-state index in [9.17, 15) is 18.0 Å². The van der Waals surface area contributed by atoms with Crippen molar-refractivity contribution in [3.05, 3.63) is 58.6 Å². The molecule has 36 heavy (non-hydrogen) atoms. The molecule has 0 bridgehead atoms. The van der Waals surface area contributed by atoms with E-state index in [2.05, 4.69) is 16.3 Å². The lowest BCUT2D eigenvalue weighted by molar-refractivity contribution is -0.137. The van der Waals surface area contributed by atoms with Crippen LogP contribution in [0.3, 0.4) is 0 Å². The number of benzene rings is 2. The highest BCUT2D eigenvalue weighted by Crippen LogP contribution is 2.37. The molecule has 1 saturated carbocycles. The van der Waals surface area contributed by atoms with Crippen molar-refractivity contribution in [1.29, 1.82) is 0 Å². The first-order valence-corrected chi connectivity index (χ1v) is 13.1. The Morgan fingerprint density at radius 3 is 2.47 bits per heavy atom. The quantitative estimate of drug-likeness (QED) is 0.385. The number of carbonyl (C=O) groups is 1. The van der Waals surface area contributed by atoms with Gasteiger partial charge in [-0.05, 0) is 106 Å². The zero-order chi connectivity index (χ0) is 25.7. The molecule has 1 heterocycles. The third-order valence-corrected chi connectivity index (χ3v) is 7.71. The summed E-state index contributed by atoms with van der Waals surface area (Å²) in [4.78, 5) is 17.6. The Balaban J connectivity index is 1.44. The van der Waals surface area contributed by atoms with Crippen LogP contribution in [0.1, 0.15) is 62.0 Å². The molecule has 2 aromatic rings. The molecule has 196 valence electrons. The Labute approximate surface area is 215 Å². The van der Waals surface area contributed by atoms with Gasteiger partial charge in [0, 0.05) is 24.0 Å². The second kappa shape index (κ2) is 11.7. The average molecular weight is 523 g/mol. The van der Waals surface area contributed by atoms with E-state index in [0.717, 1.165) is 63.5 Å². The summed E-state index contributed by atoms with van der Waals surface area (Å²) in [6.45, 7) is 3.66. The lowest BCUT2D eigenvalue weighted by atomic mass is 9.81. The average Bonchev–Trinajstić information content (AvgIpc) is 3.36. The number of nitrogen functional groups attached to an aromatic ring is 1. The fourth-order valence-electron chi connectivity index (χ4n) is 5.47. The fourth-order valence-corrected chi connectivity index (χ4v) is 5.69. The van der Waals surface area contributed by atoms with Crippen LogP contribution in [-0.2, 0) is 6.18 Å². The van der Waals surface area contributed by atoms with Crippen molar-refractivity contribution in [2.24, 2.45) is 0 Å². The minimum atomic E-state index is -4.59. The van der Waals surface area contributed by atoms with Gasteiger partial charge in [-0.1, -0.05) is 23.7 Å². The van der Waals surface area contributed by atoms with Crippen LogP contribution in [0.2, 0.25) is 5.02 Å². The predicted octanol–water partition coefficient (Wildman–Crippen LogP) is 6.99. The summed E-state index contributed by atoms with van der Waals surface area (Å²) in [6, 6.07) is 11.1. The molecule has 0 spiro atoms. The van der Waals surface area contributed by atoms with Gasteiger partial charge in [0.25, 0.3) is 0 Å². The molecule has 2 aliphatic rings. The van der Waals surface area contributed by atoms with E-state index in [-0.39, 0.29) is 22.8 Å². The van der Waals surface area contributed by atoms with Crippen molar-refractivity contribution in [2.45, 2.75) is 63.1 Å². The number of urea groups is 1. The Kier molecular flexibility index (Phi) is 8.67. The molecule has 1 aliphatic carbocycles. The first-order chi connectivity index (χ1) is 17.2. The van der Waals surface area contributed by atoms with Gasteiger partial charge in [0.2, 0.25) is 0 Å². The van der Waals surface area contributed by atoms with Crippen LogP contribution in [-0.4, -0.2) is 48.1 Å². The van der Waals surface area contributed by atoms with Crippen LogP contribution >= 0.6 is 11.6 Å². The normalized spacial score (nSPS) is 20.9. The number of nitrogens with zero attached hydrogens (tertiary/aromatic N) is 2. The number of hydrogen-bond acceptors (Lipinski definition) is 3. The molecule has 2 amide bonds. The number of hydrogen-bond donors (Lipinski definition) is 2. The Morgan fingerprint density at radius 2 is 1.81 bits per heavy atom. The van der Waals surface area contributed by atoms with Gasteiger partial charge in [0.15, 0.2) is 0 Å². The number of anilines is 2. The lowest BCUT2D eigenvalue weighted by Gasteiger charge is -2.37. The summed E-state index contributed by atoms with van der Waals surface area (Å²) in [5, 5.41) is 2.32. The van der Waals surface area contributed by atoms with Crippen LogP contribution in [0.4, 0.5) is 29.3 Å². The molecule has 2 aromatic carbocycles. The summed E-state index contributed by atoms with van der Waals surface area (Å²) in [5.41, 5.74) is 7.07. The van der Waals surface area contributed by atoms with Gasteiger partial charge in [-0.2, -0.15) is 13.2 Å². The zero-order valence-corrected chi connectivity index (χ0v) is 21.1. The number of amides is 2.